The summed E-state index contributed by atoms with van der Waals surface area (Å²) >= 11 is 0. The number of hydrogen-bond acceptors (Lipinski definition) is 4. The molecule has 46 heavy (non-hydrogen) atoms. The van der Waals surface area contributed by atoms with Gasteiger partial charge in [0.05, 0.1) is 52.7 Å². The zero-order valence-corrected chi connectivity index (χ0v) is 29.1. The van der Waals surface area contributed by atoms with Crippen molar-refractivity contribution in [3.63, 3.8) is 0 Å². The number of nitrogens with one attached hydrogen (secondary N) is 1. The van der Waals surface area contributed by atoms with Gasteiger partial charge in [-0.15, -0.1) is 0 Å². The Balaban J connectivity index is 0.00000368. The predicted molar refractivity (Wildman–Crippen MR) is 179 cm³/mol. The molecule has 1 N–H and O–H groups in total. The van der Waals surface area contributed by atoms with Gasteiger partial charge in [-0.05, 0) is 61.9 Å². The quantitative estimate of drug-likeness (QED) is 0.135. The fraction of sp³-hybridized carbons (Fsp3) is 0.297. The molecule has 0 aliphatic heterocycles. The Morgan fingerprint density at radius 1 is 0.609 bits per heavy atom. The number of quaternary nitrogens is 2. The van der Waals surface area contributed by atoms with Gasteiger partial charge in [-0.25, -0.2) is 0 Å². The van der Waals surface area contributed by atoms with Crippen molar-refractivity contribution >= 4 is 28.8 Å². The third kappa shape index (κ3) is 11.5. The number of hydrogen-bond donors (Lipinski definition) is 1. The lowest BCUT2D eigenvalue weighted by Gasteiger charge is -2.28. The molecule has 0 unspecified atom stereocenters. The molecule has 0 radical (unpaired) electrons. The van der Waals surface area contributed by atoms with Crippen molar-refractivity contribution in [2.24, 2.45) is 10.2 Å². The zero-order chi connectivity index (χ0) is 31.7. The smallest absolute Gasteiger partial charge is 0.255 e. The van der Waals surface area contributed by atoms with E-state index in [9.17, 15) is 9.59 Å². The molecule has 0 aromatic heterocycles. The molecule has 0 aliphatic rings. The number of amides is 1. The van der Waals surface area contributed by atoms with Crippen molar-refractivity contribution < 1.29 is 43.4 Å². The molecule has 0 atom stereocenters. The molecule has 1 amide bonds. The highest BCUT2D eigenvalue weighted by Crippen LogP contribution is 2.23. The van der Waals surface area contributed by atoms with Crippen LogP contribution in [0.1, 0.15) is 51.3 Å². The monoisotopic (exact) mass is 661 g/mol. The Morgan fingerprint density at radius 2 is 1.09 bits per heavy atom. The van der Waals surface area contributed by atoms with Crippen molar-refractivity contribution in [2.45, 2.75) is 33.4 Å². The summed E-state index contributed by atoms with van der Waals surface area (Å²) < 4.78 is 1.79. The third-order valence-electron chi connectivity index (χ3n) is 8.09. The van der Waals surface area contributed by atoms with Crippen LogP contribution in [0.2, 0.25) is 0 Å². The molecule has 0 fully saturated rings. The summed E-state index contributed by atoms with van der Waals surface area (Å²) in [6.45, 7) is 8.27. The van der Waals surface area contributed by atoms with Crippen LogP contribution >= 0.6 is 0 Å². The molecule has 244 valence electrons. The van der Waals surface area contributed by atoms with Crippen LogP contribution in [0.15, 0.2) is 107 Å². The third-order valence-corrected chi connectivity index (χ3v) is 8.09. The fourth-order valence-corrected chi connectivity index (χ4v) is 4.75. The van der Waals surface area contributed by atoms with Gasteiger partial charge in [-0.2, -0.15) is 10.2 Å². The molecule has 7 nitrogen and oxygen atoms in total. The molecular formula is C37H45Cl2N5O2. The Morgan fingerprint density at radius 3 is 1.61 bits per heavy atom. The van der Waals surface area contributed by atoms with Gasteiger partial charge in [0.15, 0.2) is 5.78 Å². The average Bonchev–Trinajstić information content (AvgIpc) is 3.01. The number of halogens is 2. The number of carbonyl (C=O) groups excluding carboxylic acids is 2. The maximum absolute atomic E-state index is 13.0. The average molecular weight is 663 g/mol. The Hall–Kier alpha value is -3.88. The van der Waals surface area contributed by atoms with Crippen molar-refractivity contribution in [3.8, 4) is 0 Å². The van der Waals surface area contributed by atoms with Crippen LogP contribution in [0.4, 0.5) is 17.1 Å². The van der Waals surface area contributed by atoms with Gasteiger partial charge in [0.25, 0.3) is 5.91 Å². The summed E-state index contributed by atoms with van der Waals surface area (Å²) in [5.41, 5.74) is 6.52. The van der Waals surface area contributed by atoms with Gasteiger partial charge >= 0.3 is 0 Å². The molecule has 0 bridgehead atoms. The van der Waals surface area contributed by atoms with Crippen LogP contribution in [-0.2, 0) is 19.5 Å². The number of ketones is 1. The van der Waals surface area contributed by atoms with Gasteiger partial charge in [-0.3, -0.25) is 9.59 Å². The molecule has 0 saturated heterocycles. The highest BCUT2D eigenvalue weighted by atomic mass is 35.5. The highest BCUT2D eigenvalue weighted by molar-refractivity contribution is 6.04. The maximum atomic E-state index is 13.0. The van der Waals surface area contributed by atoms with E-state index in [1.54, 1.807) is 6.07 Å². The summed E-state index contributed by atoms with van der Waals surface area (Å²) in [6.07, 6.45) is 0.289. The number of Topliss-reactive ketones (excluding diaryl/α,β-unsaturated/α-hetero) is 1. The second kappa shape index (κ2) is 17.2. The van der Waals surface area contributed by atoms with E-state index in [2.05, 4.69) is 57.6 Å². The fourth-order valence-electron chi connectivity index (χ4n) is 4.75. The van der Waals surface area contributed by atoms with E-state index in [1.165, 1.54) is 11.1 Å². The SMILES string of the molecule is CC[N+](C)(C)Cc1ccc(C(=O)Cc2cccc(N=Nc3cccc(NC(=O)c4ccc(C[N+](C)(C)CC)cc4)c3)c2)cc1.[Cl-].[Cl-]. The number of nitrogens with zero attached hydrogens (tertiary/aromatic N) is 4. The number of rotatable bonds is 13. The number of carbonyl (C=O) groups is 2. The summed E-state index contributed by atoms with van der Waals surface area (Å²) in [5.74, 6) is -0.109. The van der Waals surface area contributed by atoms with Gasteiger partial charge in [0.1, 0.15) is 13.1 Å². The molecule has 4 rings (SSSR count). The molecule has 0 heterocycles. The van der Waals surface area contributed by atoms with Gasteiger partial charge in [0, 0.05) is 34.4 Å². The first kappa shape index (κ1) is 38.3. The van der Waals surface area contributed by atoms with Crippen molar-refractivity contribution in [3.05, 3.63) is 125 Å². The van der Waals surface area contributed by atoms with Crippen molar-refractivity contribution in [1.29, 1.82) is 0 Å². The molecule has 0 spiro atoms. The van der Waals surface area contributed by atoms with E-state index in [-0.39, 0.29) is 42.9 Å². The molecule has 9 heteroatoms. The van der Waals surface area contributed by atoms with Crippen LogP contribution in [0.25, 0.3) is 0 Å². The van der Waals surface area contributed by atoms with E-state index in [1.807, 2.05) is 91.0 Å². The van der Waals surface area contributed by atoms with E-state index < -0.39 is 0 Å². The van der Waals surface area contributed by atoms with Crippen LogP contribution < -0.4 is 30.1 Å². The summed E-state index contributed by atoms with van der Waals surface area (Å²) in [6, 6.07) is 30.5. The Kier molecular flexibility index (Phi) is 14.3. The lowest BCUT2D eigenvalue weighted by atomic mass is 10.0. The van der Waals surface area contributed by atoms with E-state index in [4.69, 9.17) is 0 Å². The second-order valence-electron chi connectivity index (χ2n) is 12.7. The van der Waals surface area contributed by atoms with Gasteiger partial charge in [0.2, 0.25) is 0 Å². The van der Waals surface area contributed by atoms with Crippen LogP contribution in [0, 0.1) is 0 Å². The van der Waals surface area contributed by atoms with Crippen molar-refractivity contribution in [2.75, 3.05) is 46.6 Å². The summed E-state index contributed by atoms with van der Waals surface area (Å²) in [5, 5.41) is 11.7. The summed E-state index contributed by atoms with van der Waals surface area (Å²) in [7, 11) is 8.79. The topological polar surface area (TPSA) is 70.9 Å². The molecule has 0 saturated carbocycles. The minimum atomic E-state index is -0.175. The highest BCUT2D eigenvalue weighted by Gasteiger charge is 2.15. The van der Waals surface area contributed by atoms with Crippen LogP contribution in [0.5, 0.6) is 0 Å². The van der Waals surface area contributed by atoms with E-state index in [0.29, 0.717) is 28.2 Å². The van der Waals surface area contributed by atoms with Crippen LogP contribution in [0.3, 0.4) is 0 Å². The van der Waals surface area contributed by atoms with Crippen molar-refractivity contribution in [1.82, 2.24) is 0 Å². The van der Waals surface area contributed by atoms with E-state index in [0.717, 1.165) is 40.7 Å². The van der Waals surface area contributed by atoms with Crippen LogP contribution in [-0.4, -0.2) is 61.9 Å². The maximum Gasteiger partial charge on any atom is 0.255 e. The predicted octanol–water partition coefficient (Wildman–Crippen LogP) is 1.98. The first-order valence-corrected chi connectivity index (χ1v) is 15.2. The minimum Gasteiger partial charge on any atom is -1.00 e. The summed E-state index contributed by atoms with van der Waals surface area (Å²) in [4.78, 5) is 25.8. The normalized spacial score (nSPS) is 11.4. The Labute approximate surface area is 286 Å². The first-order chi connectivity index (χ1) is 20.9. The molecule has 4 aromatic carbocycles. The largest absolute Gasteiger partial charge is 1.00 e. The number of azo groups is 1. The second-order valence-corrected chi connectivity index (χ2v) is 12.7. The van der Waals surface area contributed by atoms with Gasteiger partial charge in [-0.1, -0.05) is 54.6 Å². The molecular weight excluding hydrogens is 617 g/mol. The molecule has 0 aliphatic carbocycles. The zero-order valence-electron chi connectivity index (χ0n) is 27.6. The van der Waals surface area contributed by atoms with E-state index >= 15 is 0 Å². The lowest BCUT2D eigenvalue weighted by molar-refractivity contribution is -0.901. The number of benzene rings is 4. The standard InChI is InChI=1S/C37H44N5O2.2ClH/c1-7-41(3,4)26-28-15-19-31(20-16-28)36(43)24-30-11-9-13-34(23-30)39-40-35-14-10-12-33(25-35)38-37(44)32-21-17-29(18-22-32)27-42(5,6)8-2;;/h9-23,25H,7-8,24,26-27H2,1-6H3;2*1H/q+1;;/p-1. The Bertz CT molecular complexity index is 1500. The minimum absolute atomic E-state index is 0. The first-order valence-electron chi connectivity index (χ1n) is 15.2. The van der Waals surface area contributed by atoms with Gasteiger partial charge < -0.3 is 39.1 Å². The lowest BCUT2D eigenvalue weighted by Crippen LogP contribution is -3.00. The molecule has 4 aromatic rings. The number of anilines is 1.